The SMILES string of the molecule is CC(C)(O)C(C)(C)NC1=NCCC1. The smallest absolute Gasteiger partial charge is 0.0968 e. The third-order valence-corrected chi connectivity index (χ3v) is 2.86. The third-order valence-electron chi connectivity index (χ3n) is 2.86. The van der Waals surface area contributed by atoms with Crippen LogP contribution in [0, 0.1) is 0 Å². The Labute approximate surface area is 80.3 Å². The number of aliphatic imine (C=N–C) groups is 1. The number of rotatable bonds is 2. The Balaban J connectivity index is 2.61. The van der Waals surface area contributed by atoms with Gasteiger partial charge in [-0.2, -0.15) is 0 Å². The molecule has 0 aromatic heterocycles. The summed E-state index contributed by atoms with van der Waals surface area (Å²) in [5.74, 6) is 1.03. The molecule has 0 amide bonds. The molecule has 1 aliphatic heterocycles. The highest BCUT2D eigenvalue weighted by atomic mass is 16.3. The van der Waals surface area contributed by atoms with Gasteiger partial charge in [-0.05, 0) is 34.1 Å². The third kappa shape index (κ3) is 2.44. The molecule has 0 bridgehead atoms. The standard InChI is InChI=1S/C10H20N2O/c1-9(2,10(3,4)13)12-8-6-5-7-11-8/h13H,5-7H2,1-4H3,(H,11,12). The van der Waals surface area contributed by atoms with E-state index in [9.17, 15) is 5.11 Å². The summed E-state index contributed by atoms with van der Waals surface area (Å²) in [5.41, 5.74) is -1.06. The van der Waals surface area contributed by atoms with Crippen molar-refractivity contribution >= 4 is 5.84 Å². The maximum Gasteiger partial charge on any atom is 0.0968 e. The molecule has 3 nitrogen and oxygen atoms in total. The largest absolute Gasteiger partial charge is 0.388 e. The molecule has 3 heteroatoms. The number of nitrogens with zero attached hydrogens (tertiary/aromatic N) is 1. The maximum absolute atomic E-state index is 9.89. The van der Waals surface area contributed by atoms with E-state index in [2.05, 4.69) is 10.3 Å². The van der Waals surface area contributed by atoms with Crippen LogP contribution in [0.25, 0.3) is 0 Å². The molecule has 0 aromatic rings. The topological polar surface area (TPSA) is 44.6 Å². The average molecular weight is 184 g/mol. The second-order valence-electron chi connectivity index (χ2n) is 4.74. The van der Waals surface area contributed by atoms with E-state index in [1.165, 1.54) is 0 Å². The zero-order valence-electron chi connectivity index (χ0n) is 9.02. The van der Waals surface area contributed by atoms with Gasteiger partial charge in [0.15, 0.2) is 0 Å². The van der Waals surface area contributed by atoms with E-state index in [-0.39, 0.29) is 5.54 Å². The monoisotopic (exact) mass is 184 g/mol. The Kier molecular flexibility index (Phi) is 2.66. The van der Waals surface area contributed by atoms with Crippen LogP contribution in [0.5, 0.6) is 0 Å². The van der Waals surface area contributed by atoms with Gasteiger partial charge in [0.2, 0.25) is 0 Å². The molecule has 1 rings (SSSR count). The predicted octanol–water partition coefficient (Wildman–Crippen LogP) is 1.32. The van der Waals surface area contributed by atoms with Crippen LogP contribution in [0.2, 0.25) is 0 Å². The quantitative estimate of drug-likeness (QED) is 0.679. The molecule has 0 radical (unpaired) electrons. The lowest BCUT2D eigenvalue weighted by Gasteiger charge is -2.38. The summed E-state index contributed by atoms with van der Waals surface area (Å²) < 4.78 is 0. The molecule has 2 N–H and O–H groups in total. The molecule has 0 fully saturated rings. The summed E-state index contributed by atoms with van der Waals surface area (Å²) in [7, 11) is 0. The second-order valence-corrected chi connectivity index (χ2v) is 4.74. The van der Waals surface area contributed by atoms with Gasteiger partial charge in [0.05, 0.1) is 17.0 Å². The predicted molar refractivity (Wildman–Crippen MR) is 55.0 cm³/mol. The highest BCUT2D eigenvalue weighted by molar-refractivity contribution is 5.84. The molecule has 0 spiro atoms. The van der Waals surface area contributed by atoms with E-state index >= 15 is 0 Å². The van der Waals surface area contributed by atoms with Crippen molar-refractivity contribution in [2.45, 2.75) is 51.7 Å². The van der Waals surface area contributed by atoms with Crippen LogP contribution < -0.4 is 5.32 Å². The lowest BCUT2D eigenvalue weighted by Crippen LogP contribution is -2.57. The highest BCUT2D eigenvalue weighted by Crippen LogP contribution is 2.21. The van der Waals surface area contributed by atoms with Gasteiger partial charge in [0.25, 0.3) is 0 Å². The molecule has 0 atom stereocenters. The van der Waals surface area contributed by atoms with Crippen LogP contribution in [0.4, 0.5) is 0 Å². The first-order valence-electron chi connectivity index (χ1n) is 4.87. The summed E-state index contributed by atoms with van der Waals surface area (Å²) >= 11 is 0. The van der Waals surface area contributed by atoms with Gasteiger partial charge in [-0.1, -0.05) is 0 Å². The average Bonchev–Trinajstić information content (AvgIpc) is 2.35. The summed E-state index contributed by atoms with van der Waals surface area (Å²) in [5, 5.41) is 13.2. The highest BCUT2D eigenvalue weighted by Gasteiger charge is 2.35. The van der Waals surface area contributed by atoms with Gasteiger partial charge in [-0.25, -0.2) is 0 Å². The Morgan fingerprint density at radius 1 is 1.31 bits per heavy atom. The zero-order valence-corrected chi connectivity index (χ0v) is 9.02. The molecule has 0 saturated carbocycles. The first-order valence-corrected chi connectivity index (χ1v) is 4.87. The Morgan fingerprint density at radius 3 is 2.31 bits per heavy atom. The second kappa shape index (κ2) is 3.29. The minimum absolute atomic E-state index is 0.323. The van der Waals surface area contributed by atoms with Crippen molar-refractivity contribution in [1.29, 1.82) is 0 Å². The number of hydrogen-bond donors (Lipinski definition) is 2. The minimum atomic E-state index is -0.738. The van der Waals surface area contributed by atoms with Crippen molar-refractivity contribution in [3.63, 3.8) is 0 Å². The molecule has 76 valence electrons. The van der Waals surface area contributed by atoms with Crippen LogP contribution in [-0.2, 0) is 0 Å². The van der Waals surface area contributed by atoms with E-state index in [0.29, 0.717) is 0 Å². The van der Waals surface area contributed by atoms with Crippen LogP contribution >= 0.6 is 0 Å². The van der Waals surface area contributed by atoms with E-state index in [0.717, 1.165) is 25.2 Å². The molecule has 0 unspecified atom stereocenters. The lowest BCUT2D eigenvalue weighted by atomic mass is 9.86. The van der Waals surface area contributed by atoms with E-state index in [4.69, 9.17) is 0 Å². The van der Waals surface area contributed by atoms with Crippen molar-refractivity contribution in [2.24, 2.45) is 4.99 Å². The number of amidine groups is 1. The fraction of sp³-hybridized carbons (Fsp3) is 0.900. The first-order chi connectivity index (χ1) is 5.83. The fourth-order valence-electron chi connectivity index (χ4n) is 1.16. The lowest BCUT2D eigenvalue weighted by molar-refractivity contribution is 0.00450. The van der Waals surface area contributed by atoms with Crippen molar-refractivity contribution in [3.8, 4) is 0 Å². The molecular formula is C10H20N2O. The molecule has 1 aliphatic rings. The summed E-state index contributed by atoms with van der Waals surface area (Å²) in [6, 6.07) is 0. The molecular weight excluding hydrogens is 164 g/mol. The van der Waals surface area contributed by atoms with Gasteiger partial charge in [0, 0.05) is 13.0 Å². The maximum atomic E-state index is 9.89. The van der Waals surface area contributed by atoms with Gasteiger partial charge >= 0.3 is 0 Å². The van der Waals surface area contributed by atoms with Gasteiger partial charge in [0.1, 0.15) is 0 Å². The van der Waals surface area contributed by atoms with Crippen LogP contribution in [0.3, 0.4) is 0 Å². The summed E-state index contributed by atoms with van der Waals surface area (Å²) in [6.45, 7) is 8.54. The van der Waals surface area contributed by atoms with E-state index in [1.807, 2.05) is 27.7 Å². The Morgan fingerprint density at radius 2 is 1.92 bits per heavy atom. The summed E-state index contributed by atoms with van der Waals surface area (Å²) in [6.07, 6.45) is 2.14. The molecule has 13 heavy (non-hydrogen) atoms. The number of nitrogens with one attached hydrogen (secondary N) is 1. The fourth-order valence-corrected chi connectivity index (χ4v) is 1.16. The van der Waals surface area contributed by atoms with Crippen molar-refractivity contribution in [3.05, 3.63) is 0 Å². The van der Waals surface area contributed by atoms with Crippen LogP contribution in [0.1, 0.15) is 40.5 Å². The van der Waals surface area contributed by atoms with E-state index in [1.54, 1.807) is 0 Å². The van der Waals surface area contributed by atoms with Crippen molar-refractivity contribution in [2.75, 3.05) is 6.54 Å². The van der Waals surface area contributed by atoms with Gasteiger partial charge in [-0.3, -0.25) is 4.99 Å². The Bertz CT molecular complexity index is 213. The van der Waals surface area contributed by atoms with Crippen molar-refractivity contribution < 1.29 is 5.11 Å². The number of aliphatic hydroxyl groups is 1. The molecule has 0 aromatic carbocycles. The van der Waals surface area contributed by atoms with Crippen LogP contribution in [-0.4, -0.2) is 28.6 Å². The van der Waals surface area contributed by atoms with E-state index < -0.39 is 5.60 Å². The van der Waals surface area contributed by atoms with Crippen molar-refractivity contribution in [1.82, 2.24) is 5.32 Å². The zero-order chi connectivity index (χ0) is 10.1. The van der Waals surface area contributed by atoms with Crippen LogP contribution in [0.15, 0.2) is 4.99 Å². The Hall–Kier alpha value is -0.570. The van der Waals surface area contributed by atoms with Gasteiger partial charge in [-0.15, -0.1) is 0 Å². The molecule has 0 aliphatic carbocycles. The normalized spacial score (nSPS) is 18.7. The molecule has 1 heterocycles. The van der Waals surface area contributed by atoms with Gasteiger partial charge < -0.3 is 10.4 Å². The first kappa shape index (κ1) is 10.5. The molecule has 0 saturated heterocycles. The summed E-state index contributed by atoms with van der Waals surface area (Å²) in [4.78, 5) is 4.33. The minimum Gasteiger partial charge on any atom is -0.388 e. The number of hydrogen-bond acceptors (Lipinski definition) is 3.